The Morgan fingerprint density at radius 3 is 2.25 bits per heavy atom. The van der Waals surface area contributed by atoms with E-state index >= 15 is 0 Å². The molecule has 3 nitrogen and oxygen atoms in total. The van der Waals surface area contributed by atoms with Gasteiger partial charge < -0.3 is 10.4 Å². The molecule has 102 valence electrons. The number of aryl methyl sites for hydroxylation is 2. The molecule has 0 bridgehead atoms. The first-order valence-electron chi connectivity index (χ1n) is 6.40. The Morgan fingerprint density at radius 1 is 1.05 bits per heavy atom. The van der Waals surface area contributed by atoms with Crippen LogP contribution < -0.4 is 5.32 Å². The van der Waals surface area contributed by atoms with Crippen molar-refractivity contribution in [3.63, 3.8) is 0 Å². The SMILES string of the molecule is Cc1cccc(C)c1NC(=O)/C=C/c1ccc(O)cc1. The predicted octanol–water partition coefficient (Wildman–Crippen LogP) is 3.66. The Balaban J connectivity index is 2.07. The third-order valence-electron chi connectivity index (χ3n) is 3.05. The van der Waals surface area contributed by atoms with Gasteiger partial charge in [0.1, 0.15) is 5.75 Å². The Labute approximate surface area is 118 Å². The van der Waals surface area contributed by atoms with Crippen molar-refractivity contribution >= 4 is 17.7 Å². The summed E-state index contributed by atoms with van der Waals surface area (Å²) in [7, 11) is 0. The zero-order chi connectivity index (χ0) is 14.5. The van der Waals surface area contributed by atoms with E-state index in [0.717, 1.165) is 22.4 Å². The van der Waals surface area contributed by atoms with Gasteiger partial charge in [-0.05, 0) is 48.7 Å². The highest BCUT2D eigenvalue weighted by Gasteiger charge is 2.04. The van der Waals surface area contributed by atoms with Crippen LogP contribution in [0.1, 0.15) is 16.7 Å². The number of hydrogen-bond acceptors (Lipinski definition) is 2. The fraction of sp³-hybridized carbons (Fsp3) is 0.118. The first-order valence-corrected chi connectivity index (χ1v) is 6.40. The number of para-hydroxylation sites is 1. The van der Waals surface area contributed by atoms with Crippen LogP contribution in [0.4, 0.5) is 5.69 Å². The summed E-state index contributed by atoms with van der Waals surface area (Å²) >= 11 is 0. The lowest BCUT2D eigenvalue weighted by Crippen LogP contribution is -2.10. The summed E-state index contributed by atoms with van der Waals surface area (Å²) < 4.78 is 0. The Bertz CT molecular complexity index is 622. The first kappa shape index (κ1) is 13.9. The summed E-state index contributed by atoms with van der Waals surface area (Å²) in [6.45, 7) is 3.93. The number of carbonyl (C=O) groups excluding carboxylic acids is 1. The molecular formula is C17H17NO2. The maximum Gasteiger partial charge on any atom is 0.248 e. The smallest absolute Gasteiger partial charge is 0.248 e. The van der Waals surface area contributed by atoms with Crippen molar-refractivity contribution in [2.24, 2.45) is 0 Å². The number of nitrogens with one attached hydrogen (secondary N) is 1. The molecule has 0 aliphatic rings. The van der Waals surface area contributed by atoms with Gasteiger partial charge in [-0.15, -0.1) is 0 Å². The summed E-state index contributed by atoms with van der Waals surface area (Å²) in [4.78, 5) is 11.9. The van der Waals surface area contributed by atoms with Crippen LogP contribution in [0.3, 0.4) is 0 Å². The number of hydrogen-bond donors (Lipinski definition) is 2. The van der Waals surface area contributed by atoms with Crippen molar-refractivity contribution in [2.75, 3.05) is 5.32 Å². The molecule has 0 aromatic heterocycles. The lowest BCUT2D eigenvalue weighted by Gasteiger charge is -2.09. The van der Waals surface area contributed by atoms with Gasteiger partial charge in [0.05, 0.1) is 0 Å². The van der Waals surface area contributed by atoms with Crippen LogP contribution in [0.5, 0.6) is 5.75 Å². The van der Waals surface area contributed by atoms with Gasteiger partial charge in [-0.3, -0.25) is 4.79 Å². The molecule has 0 unspecified atom stereocenters. The normalized spacial score (nSPS) is 10.7. The van der Waals surface area contributed by atoms with Crippen molar-refractivity contribution in [3.8, 4) is 5.75 Å². The molecule has 0 aliphatic heterocycles. The highest BCUT2D eigenvalue weighted by atomic mass is 16.3. The second-order valence-electron chi connectivity index (χ2n) is 4.68. The third-order valence-corrected chi connectivity index (χ3v) is 3.05. The first-order chi connectivity index (χ1) is 9.56. The maximum atomic E-state index is 11.9. The van der Waals surface area contributed by atoms with Crippen molar-refractivity contribution in [1.29, 1.82) is 0 Å². The number of carbonyl (C=O) groups is 1. The van der Waals surface area contributed by atoms with Crippen LogP contribution in [0.25, 0.3) is 6.08 Å². The molecule has 0 saturated carbocycles. The van der Waals surface area contributed by atoms with E-state index in [-0.39, 0.29) is 11.7 Å². The third kappa shape index (κ3) is 3.48. The number of benzene rings is 2. The van der Waals surface area contributed by atoms with Crippen LogP contribution in [0.15, 0.2) is 48.5 Å². The molecule has 0 heterocycles. The summed E-state index contributed by atoms with van der Waals surface area (Å²) in [5, 5.41) is 12.1. The van der Waals surface area contributed by atoms with E-state index in [1.54, 1.807) is 30.3 Å². The molecule has 2 aromatic rings. The van der Waals surface area contributed by atoms with Gasteiger partial charge in [0.2, 0.25) is 5.91 Å². The fourth-order valence-electron chi connectivity index (χ4n) is 1.93. The quantitative estimate of drug-likeness (QED) is 0.834. The van der Waals surface area contributed by atoms with Gasteiger partial charge >= 0.3 is 0 Å². The summed E-state index contributed by atoms with van der Waals surface area (Å²) in [6.07, 6.45) is 3.20. The van der Waals surface area contributed by atoms with Gasteiger partial charge in [-0.2, -0.15) is 0 Å². The van der Waals surface area contributed by atoms with Crippen LogP contribution in [-0.2, 0) is 4.79 Å². The van der Waals surface area contributed by atoms with E-state index in [9.17, 15) is 9.90 Å². The largest absolute Gasteiger partial charge is 0.508 e. The van der Waals surface area contributed by atoms with E-state index in [1.807, 2.05) is 32.0 Å². The molecule has 1 amide bonds. The maximum absolute atomic E-state index is 11.9. The standard InChI is InChI=1S/C17H17NO2/c1-12-4-3-5-13(2)17(12)18-16(20)11-8-14-6-9-15(19)10-7-14/h3-11,19H,1-2H3,(H,18,20)/b11-8+. The molecule has 3 heteroatoms. The Kier molecular flexibility index (Phi) is 4.20. The molecule has 0 atom stereocenters. The molecule has 0 fully saturated rings. The molecule has 20 heavy (non-hydrogen) atoms. The summed E-state index contributed by atoms with van der Waals surface area (Å²) in [5.41, 5.74) is 3.79. The molecule has 2 N–H and O–H groups in total. The zero-order valence-corrected chi connectivity index (χ0v) is 11.6. The molecule has 0 radical (unpaired) electrons. The minimum Gasteiger partial charge on any atom is -0.508 e. The number of aromatic hydroxyl groups is 1. The second-order valence-corrected chi connectivity index (χ2v) is 4.68. The zero-order valence-electron chi connectivity index (χ0n) is 11.6. The number of phenols is 1. The number of anilines is 1. The van der Waals surface area contributed by atoms with Gasteiger partial charge in [-0.1, -0.05) is 30.3 Å². The van der Waals surface area contributed by atoms with E-state index < -0.39 is 0 Å². The molecule has 2 rings (SSSR count). The monoisotopic (exact) mass is 267 g/mol. The van der Waals surface area contributed by atoms with E-state index in [2.05, 4.69) is 5.32 Å². The molecular weight excluding hydrogens is 250 g/mol. The lowest BCUT2D eigenvalue weighted by atomic mass is 10.1. The average Bonchev–Trinajstić information content (AvgIpc) is 2.42. The van der Waals surface area contributed by atoms with Gasteiger partial charge in [0, 0.05) is 11.8 Å². The molecule has 0 aliphatic carbocycles. The highest BCUT2D eigenvalue weighted by Crippen LogP contribution is 2.19. The molecule has 2 aromatic carbocycles. The highest BCUT2D eigenvalue weighted by molar-refractivity contribution is 6.02. The second kappa shape index (κ2) is 6.06. The van der Waals surface area contributed by atoms with E-state index in [0.29, 0.717) is 0 Å². The number of rotatable bonds is 3. The fourth-order valence-corrected chi connectivity index (χ4v) is 1.93. The Hall–Kier alpha value is -2.55. The van der Waals surface area contributed by atoms with Gasteiger partial charge in [0.25, 0.3) is 0 Å². The van der Waals surface area contributed by atoms with Crippen LogP contribution in [0.2, 0.25) is 0 Å². The van der Waals surface area contributed by atoms with Crippen molar-refractivity contribution < 1.29 is 9.90 Å². The van der Waals surface area contributed by atoms with E-state index in [4.69, 9.17) is 0 Å². The van der Waals surface area contributed by atoms with Gasteiger partial charge in [-0.25, -0.2) is 0 Å². The number of amides is 1. The van der Waals surface area contributed by atoms with Crippen LogP contribution in [-0.4, -0.2) is 11.0 Å². The van der Waals surface area contributed by atoms with Crippen molar-refractivity contribution in [1.82, 2.24) is 0 Å². The minimum atomic E-state index is -0.171. The van der Waals surface area contributed by atoms with Gasteiger partial charge in [0.15, 0.2) is 0 Å². The van der Waals surface area contributed by atoms with E-state index in [1.165, 1.54) is 6.08 Å². The predicted molar refractivity (Wildman–Crippen MR) is 81.7 cm³/mol. The van der Waals surface area contributed by atoms with Crippen LogP contribution >= 0.6 is 0 Å². The minimum absolute atomic E-state index is 0.171. The number of phenolic OH excluding ortho intramolecular Hbond substituents is 1. The molecule has 0 spiro atoms. The molecule has 0 saturated heterocycles. The summed E-state index contributed by atoms with van der Waals surface area (Å²) in [5.74, 6) is 0.0395. The Morgan fingerprint density at radius 2 is 1.65 bits per heavy atom. The lowest BCUT2D eigenvalue weighted by molar-refractivity contribution is -0.111. The topological polar surface area (TPSA) is 49.3 Å². The summed E-state index contributed by atoms with van der Waals surface area (Å²) in [6, 6.07) is 12.6. The average molecular weight is 267 g/mol. The van der Waals surface area contributed by atoms with Crippen molar-refractivity contribution in [3.05, 3.63) is 65.2 Å². The van der Waals surface area contributed by atoms with Crippen LogP contribution in [0, 0.1) is 13.8 Å². The van der Waals surface area contributed by atoms with Crippen molar-refractivity contribution in [2.45, 2.75) is 13.8 Å².